The monoisotopic (exact) mass is 228 g/mol. The van der Waals surface area contributed by atoms with Crippen LogP contribution in [0.5, 0.6) is 0 Å². The minimum absolute atomic E-state index is 0.263. The summed E-state index contributed by atoms with van der Waals surface area (Å²) in [5.74, 6) is 0.848. The highest BCUT2D eigenvalue weighted by molar-refractivity contribution is 7.99. The zero-order valence-electron chi connectivity index (χ0n) is 8.34. The first kappa shape index (κ1) is 11.6. The number of carbonyl (C=O) groups excluding carboxylic acids is 1. The maximum Gasteiger partial charge on any atom is 0.147 e. The van der Waals surface area contributed by atoms with Crippen LogP contribution in [0.1, 0.15) is 11.1 Å². The van der Waals surface area contributed by atoms with Gasteiger partial charge in [-0.05, 0) is 30.4 Å². The summed E-state index contributed by atoms with van der Waals surface area (Å²) in [5.41, 5.74) is 2.08. The smallest absolute Gasteiger partial charge is 0.147 e. The van der Waals surface area contributed by atoms with Crippen LogP contribution in [0.15, 0.2) is 18.2 Å². The van der Waals surface area contributed by atoms with Gasteiger partial charge in [-0.25, -0.2) is 0 Å². The second-order valence-corrected chi connectivity index (χ2v) is 4.51. The topological polar surface area (TPSA) is 17.1 Å². The molecular weight excluding hydrogens is 216 g/mol. The lowest BCUT2D eigenvalue weighted by Gasteiger charge is -2.02. The molecule has 76 valence electrons. The summed E-state index contributed by atoms with van der Waals surface area (Å²) in [6, 6.07) is 5.73. The summed E-state index contributed by atoms with van der Waals surface area (Å²) in [5, 5.41) is 0.756. The number of hydrogen-bond donors (Lipinski definition) is 0. The van der Waals surface area contributed by atoms with E-state index in [-0.39, 0.29) is 5.78 Å². The summed E-state index contributed by atoms with van der Waals surface area (Å²) in [7, 11) is 0. The maximum atomic E-state index is 11.4. The third-order valence-electron chi connectivity index (χ3n) is 1.93. The first-order valence-corrected chi connectivity index (χ1v) is 6.16. The molecule has 1 rings (SSSR count). The van der Waals surface area contributed by atoms with Crippen molar-refractivity contribution in [3.05, 3.63) is 34.3 Å². The van der Waals surface area contributed by atoms with Gasteiger partial charge in [0.15, 0.2) is 0 Å². The summed E-state index contributed by atoms with van der Waals surface area (Å²) in [4.78, 5) is 11.4. The van der Waals surface area contributed by atoms with E-state index in [1.54, 1.807) is 11.8 Å². The fourth-order valence-electron chi connectivity index (χ4n) is 1.26. The molecule has 0 radical (unpaired) electrons. The first-order chi connectivity index (χ1) is 6.63. The molecule has 0 amide bonds. The third-order valence-corrected chi connectivity index (χ3v) is 2.96. The predicted octanol–water partition coefficient (Wildman–Crippen LogP) is 3.12. The molecule has 0 bridgehead atoms. The van der Waals surface area contributed by atoms with Crippen LogP contribution in [-0.2, 0) is 11.2 Å². The van der Waals surface area contributed by atoms with E-state index in [0.29, 0.717) is 12.2 Å². The number of ketones is 1. The van der Waals surface area contributed by atoms with Crippen LogP contribution >= 0.6 is 23.4 Å². The van der Waals surface area contributed by atoms with Crippen molar-refractivity contribution in [1.82, 2.24) is 0 Å². The lowest BCUT2D eigenvalue weighted by molar-refractivity contribution is -0.115. The van der Waals surface area contributed by atoms with Gasteiger partial charge in [-0.15, -0.1) is 0 Å². The van der Waals surface area contributed by atoms with Gasteiger partial charge in [0.1, 0.15) is 5.78 Å². The van der Waals surface area contributed by atoms with E-state index in [2.05, 4.69) is 0 Å². The van der Waals surface area contributed by atoms with Gasteiger partial charge < -0.3 is 0 Å². The number of halogens is 1. The van der Waals surface area contributed by atoms with Gasteiger partial charge in [0.05, 0.1) is 5.75 Å². The minimum atomic E-state index is 0.263. The maximum absolute atomic E-state index is 11.4. The molecule has 0 aliphatic rings. The van der Waals surface area contributed by atoms with Gasteiger partial charge in [0.25, 0.3) is 0 Å². The minimum Gasteiger partial charge on any atom is -0.298 e. The van der Waals surface area contributed by atoms with Gasteiger partial charge in [0.2, 0.25) is 0 Å². The van der Waals surface area contributed by atoms with Crippen molar-refractivity contribution >= 4 is 29.1 Å². The van der Waals surface area contributed by atoms with Crippen LogP contribution in [0.3, 0.4) is 0 Å². The Morgan fingerprint density at radius 3 is 2.79 bits per heavy atom. The van der Waals surface area contributed by atoms with Crippen molar-refractivity contribution in [2.24, 2.45) is 0 Å². The normalized spacial score (nSPS) is 10.2. The van der Waals surface area contributed by atoms with Crippen LogP contribution in [0.25, 0.3) is 0 Å². The summed E-state index contributed by atoms with van der Waals surface area (Å²) >= 11 is 7.45. The van der Waals surface area contributed by atoms with Crippen molar-refractivity contribution in [3.8, 4) is 0 Å². The summed E-state index contributed by atoms with van der Waals surface area (Å²) in [6.45, 7) is 1.95. The van der Waals surface area contributed by atoms with Gasteiger partial charge in [-0.2, -0.15) is 11.8 Å². The Labute approximate surface area is 93.8 Å². The number of aryl methyl sites for hydroxylation is 1. The summed E-state index contributed by atoms with van der Waals surface area (Å²) < 4.78 is 0. The highest BCUT2D eigenvalue weighted by Crippen LogP contribution is 2.16. The Morgan fingerprint density at radius 2 is 2.21 bits per heavy atom. The van der Waals surface area contributed by atoms with Gasteiger partial charge in [-0.1, -0.05) is 23.7 Å². The number of benzene rings is 1. The van der Waals surface area contributed by atoms with E-state index in [9.17, 15) is 4.79 Å². The molecule has 0 unspecified atom stereocenters. The molecule has 0 N–H and O–H groups in total. The fraction of sp³-hybridized carbons (Fsp3) is 0.364. The zero-order chi connectivity index (χ0) is 10.6. The Balaban J connectivity index is 2.68. The predicted molar refractivity (Wildman–Crippen MR) is 63.3 cm³/mol. The molecular formula is C11H13ClOS. The molecule has 0 spiro atoms. The molecule has 14 heavy (non-hydrogen) atoms. The average Bonchev–Trinajstić information content (AvgIpc) is 2.12. The van der Waals surface area contributed by atoms with E-state index >= 15 is 0 Å². The number of thioether (sulfide) groups is 1. The van der Waals surface area contributed by atoms with E-state index in [0.717, 1.165) is 16.1 Å². The molecule has 1 aromatic rings. The molecule has 0 atom stereocenters. The molecule has 0 aliphatic carbocycles. The highest BCUT2D eigenvalue weighted by Gasteiger charge is 2.03. The van der Waals surface area contributed by atoms with Gasteiger partial charge >= 0.3 is 0 Å². The van der Waals surface area contributed by atoms with Crippen molar-refractivity contribution in [3.63, 3.8) is 0 Å². The molecule has 0 heterocycles. The zero-order valence-corrected chi connectivity index (χ0v) is 9.91. The van der Waals surface area contributed by atoms with Crippen molar-refractivity contribution in [2.75, 3.05) is 12.0 Å². The lowest BCUT2D eigenvalue weighted by Crippen LogP contribution is -2.05. The van der Waals surface area contributed by atoms with Gasteiger partial charge in [-0.3, -0.25) is 4.79 Å². The van der Waals surface area contributed by atoms with Crippen molar-refractivity contribution in [1.29, 1.82) is 0 Å². The van der Waals surface area contributed by atoms with Crippen LogP contribution in [0.4, 0.5) is 0 Å². The van der Waals surface area contributed by atoms with Crippen LogP contribution < -0.4 is 0 Å². The second-order valence-electron chi connectivity index (χ2n) is 3.23. The van der Waals surface area contributed by atoms with Crippen molar-refractivity contribution in [2.45, 2.75) is 13.3 Å². The van der Waals surface area contributed by atoms with Crippen molar-refractivity contribution < 1.29 is 4.79 Å². The molecule has 0 saturated carbocycles. The Bertz CT molecular complexity index is 336. The summed E-state index contributed by atoms with van der Waals surface area (Å²) in [6.07, 6.45) is 2.45. The molecule has 1 nitrogen and oxygen atoms in total. The lowest BCUT2D eigenvalue weighted by atomic mass is 10.1. The molecule has 3 heteroatoms. The second kappa shape index (κ2) is 5.42. The van der Waals surface area contributed by atoms with E-state index in [1.165, 1.54) is 0 Å². The van der Waals surface area contributed by atoms with E-state index in [1.807, 2.05) is 31.4 Å². The SMILES string of the molecule is CSCC(=O)Cc1ccc(Cl)c(C)c1. The van der Waals surface area contributed by atoms with Crippen LogP contribution in [0, 0.1) is 6.92 Å². The Hall–Kier alpha value is -0.470. The first-order valence-electron chi connectivity index (χ1n) is 4.39. The van der Waals surface area contributed by atoms with Crippen LogP contribution in [0.2, 0.25) is 5.02 Å². The molecule has 0 saturated heterocycles. The third kappa shape index (κ3) is 3.35. The highest BCUT2D eigenvalue weighted by atomic mass is 35.5. The number of hydrogen-bond acceptors (Lipinski definition) is 2. The number of carbonyl (C=O) groups is 1. The molecule has 0 aliphatic heterocycles. The van der Waals surface area contributed by atoms with Gasteiger partial charge in [0, 0.05) is 11.4 Å². The Kier molecular flexibility index (Phi) is 4.49. The molecule has 0 aromatic heterocycles. The van der Waals surface area contributed by atoms with E-state index < -0.39 is 0 Å². The molecule has 1 aromatic carbocycles. The molecule has 0 fully saturated rings. The quantitative estimate of drug-likeness (QED) is 0.788. The van der Waals surface area contributed by atoms with Crippen LogP contribution in [-0.4, -0.2) is 17.8 Å². The number of Topliss-reactive ketones (excluding diaryl/α,β-unsaturated/α-hetero) is 1. The fourth-order valence-corrected chi connectivity index (χ4v) is 1.80. The van der Waals surface area contributed by atoms with E-state index in [4.69, 9.17) is 11.6 Å². The Morgan fingerprint density at radius 1 is 1.50 bits per heavy atom. The average molecular weight is 229 g/mol. The number of rotatable bonds is 4. The standard InChI is InChI=1S/C11H13ClOS/c1-8-5-9(3-4-11(8)12)6-10(13)7-14-2/h3-5H,6-7H2,1-2H3. The largest absolute Gasteiger partial charge is 0.298 e.